The lowest BCUT2D eigenvalue weighted by Crippen LogP contribution is -2.42. The van der Waals surface area contributed by atoms with Crippen LogP contribution in [0.2, 0.25) is 0 Å². The highest BCUT2D eigenvalue weighted by molar-refractivity contribution is 5.87. The molecule has 4 bridgehead atoms. The van der Waals surface area contributed by atoms with Gasteiger partial charge in [-0.3, -0.25) is 0 Å². The number of aliphatic hydroxyl groups excluding tert-OH is 2. The van der Waals surface area contributed by atoms with Crippen molar-refractivity contribution in [3.8, 4) is 0 Å². The fourth-order valence-electron chi connectivity index (χ4n) is 6.10. The average Bonchev–Trinajstić information content (AvgIpc) is 3.96. The Labute approximate surface area is 328 Å². The molecule has 302 valence electrons. The largest absolute Gasteiger partial charge is 0.457 e. The number of rotatable bonds is 7. The van der Waals surface area contributed by atoms with E-state index in [4.69, 9.17) is 32.5 Å². The van der Waals surface area contributed by atoms with Gasteiger partial charge in [0, 0.05) is 36.9 Å². The molecular formula is C43H54N2O11. The maximum absolute atomic E-state index is 13.4. The van der Waals surface area contributed by atoms with Crippen LogP contribution in [0.5, 0.6) is 0 Å². The van der Waals surface area contributed by atoms with Crippen LogP contribution in [-0.4, -0.2) is 94.2 Å². The van der Waals surface area contributed by atoms with Crippen LogP contribution in [0.3, 0.4) is 0 Å². The summed E-state index contributed by atoms with van der Waals surface area (Å²) < 4.78 is 40.3. The fraction of sp³-hybridized carbons (Fsp3) is 0.488. The summed E-state index contributed by atoms with van der Waals surface area (Å²) in [5.74, 6) is -0.844. The third-order valence-electron chi connectivity index (χ3n) is 10.2. The molecule has 2 saturated heterocycles. The zero-order valence-electron chi connectivity index (χ0n) is 33.0. The lowest BCUT2D eigenvalue weighted by atomic mass is 9.79. The van der Waals surface area contributed by atoms with Gasteiger partial charge in [-0.15, -0.1) is 0 Å². The second-order valence-electron chi connectivity index (χ2n) is 15.1. The lowest BCUT2D eigenvalue weighted by molar-refractivity contribution is -0.0461. The number of esters is 2. The van der Waals surface area contributed by atoms with Gasteiger partial charge >= 0.3 is 11.9 Å². The molecule has 13 nitrogen and oxygen atoms in total. The summed E-state index contributed by atoms with van der Waals surface area (Å²) in [7, 11) is 1.56. The van der Waals surface area contributed by atoms with Crippen LogP contribution in [0, 0.1) is 10.8 Å². The molecule has 3 aliphatic heterocycles. The molecule has 2 N–H and O–H groups in total. The van der Waals surface area contributed by atoms with E-state index in [1.807, 2.05) is 84.1 Å². The maximum Gasteiger partial charge on any atom is 0.360 e. The first kappa shape index (κ1) is 42.5. The van der Waals surface area contributed by atoms with E-state index >= 15 is 0 Å². The highest BCUT2D eigenvalue weighted by Crippen LogP contribution is 2.35. The number of aliphatic hydroxyl groups is 2. The van der Waals surface area contributed by atoms with Crippen molar-refractivity contribution in [1.82, 2.24) is 9.97 Å². The van der Waals surface area contributed by atoms with Crippen LogP contribution < -0.4 is 0 Å². The summed E-state index contributed by atoms with van der Waals surface area (Å²) in [4.78, 5) is 35.3. The molecule has 0 saturated carbocycles. The van der Waals surface area contributed by atoms with E-state index in [-0.39, 0.29) is 54.0 Å². The average molecular weight is 775 g/mol. The van der Waals surface area contributed by atoms with Crippen molar-refractivity contribution in [3.63, 3.8) is 0 Å². The number of ether oxygens (including phenoxy) is 5. The van der Waals surface area contributed by atoms with Crippen molar-refractivity contribution in [2.24, 2.45) is 10.8 Å². The number of oxazole rings is 2. The van der Waals surface area contributed by atoms with Crippen LogP contribution in [0.4, 0.5) is 0 Å². The predicted octanol–water partition coefficient (Wildman–Crippen LogP) is 6.46. The van der Waals surface area contributed by atoms with Crippen LogP contribution in [0.15, 0.2) is 100 Å². The normalized spacial score (nSPS) is 28.1. The summed E-state index contributed by atoms with van der Waals surface area (Å²) in [6, 6.07) is 0. The summed E-state index contributed by atoms with van der Waals surface area (Å²) in [5.41, 5.74) is -1.68. The number of aromatic nitrogens is 2. The second kappa shape index (κ2) is 19.0. The molecule has 7 unspecified atom stereocenters. The van der Waals surface area contributed by atoms with Gasteiger partial charge in [0.05, 0.1) is 24.7 Å². The van der Waals surface area contributed by atoms with Crippen molar-refractivity contribution < 1.29 is 52.3 Å². The zero-order chi connectivity index (χ0) is 40.5. The van der Waals surface area contributed by atoms with Crippen molar-refractivity contribution in [2.45, 2.75) is 116 Å². The Balaban J connectivity index is 1.37. The molecule has 0 radical (unpaired) electrons. The summed E-state index contributed by atoms with van der Waals surface area (Å²) in [6.07, 6.45) is 24.1. The number of carbonyl (C=O) groups excluding carboxylic acids is 2. The number of fused-ring (bicyclic) bond motifs is 6. The summed E-state index contributed by atoms with van der Waals surface area (Å²) >= 11 is 0. The Morgan fingerprint density at radius 3 is 1.80 bits per heavy atom. The summed E-state index contributed by atoms with van der Waals surface area (Å²) in [5, 5.41) is 21.9. The summed E-state index contributed by atoms with van der Waals surface area (Å²) in [6.45, 7) is 11.0. The number of allylic oxidation sites excluding steroid dienone is 4. The van der Waals surface area contributed by atoms with Crippen LogP contribution in [0.25, 0.3) is 6.08 Å². The molecule has 2 aromatic heterocycles. The minimum absolute atomic E-state index is 0.00381. The Hall–Kier alpha value is -4.66. The van der Waals surface area contributed by atoms with Gasteiger partial charge < -0.3 is 42.7 Å². The van der Waals surface area contributed by atoms with Gasteiger partial charge in [-0.25, -0.2) is 19.6 Å². The van der Waals surface area contributed by atoms with E-state index in [0.29, 0.717) is 12.8 Å². The highest BCUT2D eigenvalue weighted by Gasteiger charge is 2.41. The minimum atomic E-state index is -0.884. The molecule has 2 aromatic rings. The Kier molecular flexibility index (Phi) is 14.4. The molecule has 0 amide bonds. The molecule has 5 heterocycles. The molecule has 2 fully saturated rings. The van der Waals surface area contributed by atoms with Gasteiger partial charge in [0.25, 0.3) is 0 Å². The van der Waals surface area contributed by atoms with Gasteiger partial charge in [-0.05, 0) is 13.8 Å². The molecule has 5 rings (SSSR count). The molecule has 0 aromatic carbocycles. The van der Waals surface area contributed by atoms with Gasteiger partial charge in [0.2, 0.25) is 5.89 Å². The van der Waals surface area contributed by atoms with Crippen molar-refractivity contribution >= 4 is 18.0 Å². The standard InChI is InChI=1S/C43H54N2O11/c1-8-14-34(46)42(3,4)36-20-13-18-32-33(54-32)23-22-27(50-7)24-39-45-29(26-52-39)41(49)56-37(43(5,6)35(47)15-9-2)19-12-17-31-30(53-31)16-10-11-21-38-44-28(25-51-38)40(48)55-36/h8-18,21-23,25-27,30-37,46-47H,19-20,24H2,1-7H3/b14-8+,15-9+,16-10?,17-12?,18-13?,21-11?,23-22?/t27?,30-,31-,32?,33?,34?,35?,36?,37?/m1/s1. The number of methoxy groups -OCH3 is 1. The molecule has 13 heteroatoms. The Morgan fingerprint density at radius 1 is 0.732 bits per heavy atom. The van der Waals surface area contributed by atoms with Gasteiger partial charge in [0.15, 0.2) is 17.3 Å². The third kappa shape index (κ3) is 11.2. The van der Waals surface area contributed by atoms with E-state index in [0.717, 1.165) is 0 Å². The third-order valence-corrected chi connectivity index (χ3v) is 10.2. The van der Waals surface area contributed by atoms with Crippen molar-refractivity contribution in [2.75, 3.05) is 7.11 Å². The second-order valence-corrected chi connectivity index (χ2v) is 15.1. The quantitative estimate of drug-likeness (QED) is 0.178. The molecule has 9 atom stereocenters. The predicted molar refractivity (Wildman–Crippen MR) is 207 cm³/mol. The van der Waals surface area contributed by atoms with Crippen molar-refractivity contribution in [1.29, 1.82) is 0 Å². The zero-order valence-corrected chi connectivity index (χ0v) is 33.0. The number of hydrogen-bond acceptors (Lipinski definition) is 13. The van der Waals surface area contributed by atoms with Gasteiger partial charge in [-0.1, -0.05) is 107 Å². The van der Waals surface area contributed by atoms with Crippen molar-refractivity contribution in [3.05, 3.63) is 115 Å². The molecule has 0 aliphatic carbocycles. The molecular weight excluding hydrogens is 720 g/mol. The first-order valence-corrected chi connectivity index (χ1v) is 18.9. The van der Waals surface area contributed by atoms with Gasteiger partial charge in [-0.2, -0.15) is 0 Å². The number of epoxide rings is 2. The first-order chi connectivity index (χ1) is 26.8. The van der Waals surface area contributed by atoms with Crippen LogP contribution >= 0.6 is 0 Å². The Morgan fingerprint density at radius 2 is 1.25 bits per heavy atom. The van der Waals surface area contributed by atoms with E-state index in [1.165, 1.54) is 12.5 Å². The lowest BCUT2D eigenvalue weighted by Gasteiger charge is -2.36. The highest BCUT2D eigenvalue weighted by atomic mass is 16.6. The van der Waals surface area contributed by atoms with E-state index in [1.54, 1.807) is 49.6 Å². The SMILES string of the molecule is C/C=C/C(O)C(C)(C)C1CC=CC2OC2C=CC(OC)Cc2nc(co2)C(=O)OC(C(C)(C)C(O)/C=C/C)CC=C[C@H]2O[C@@H]2C=CC=Cc2nc(co2)C(=O)O1. The number of nitrogens with zero attached hydrogens (tertiary/aromatic N) is 2. The van der Waals surface area contributed by atoms with E-state index in [9.17, 15) is 19.8 Å². The van der Waals surface area contributed by atoms with E-state index in [2.05, 4.69) is 9.97 Å². The molecule has 3 aliphatic rings. The first-order valence-electron chi connectivity index (χ1n) is 18.9. The van der Waals surface area contributed by atoms with Crippen LogP contribution in [-0.2, 0) is 30.1 Å². The number of carbonyl (C=O) groups is 2. The van der Waals surface area contributed by atoms with E-state index < -0.39 is 53.3 Å². The monoisotopic (exact) mass is 774 g/mol. The molecule has 0 spiro atoms. The topological polar surface area (TPSA) is 179 Å². The van der Waals surface area contributed by atoms with Gasteiger partial charge in [0.1, 0.15) is 49.2 Å². The minimum Gasteiger partial charge on any atom is -0.457 e. The maximum atomic E-state index is 13.4. The number of cyclic esters (lactones) is 2. The number of hydrogen-bond donors (Lipinski definition) is 2. The molecule has 56 heavy (non-hydrogen) atoms. The smallest absolute Gasteiger partial charge is 0.360 e. The fourth-order valence-corrected chi connectivity index (χ4v) is 6.10. The Bertz CT molecular complexity index is 1840. The van der Waals surface area contributed by atoms with Crippen LogP contribution in [0.1, 0.15) is 87.1 Å².